The molecule has 0 atom stereocenters. The third-order valence-electron chi connectivity index (χ3n) is 6.33. The number of carbonyl (C=O) groups excluding carboxylic acids is 1. The molecule has 0 aliphatic heterocycles. The number of benzene rings is 4. The van der Waals surface area contributed by atoms with Crippen LogP contribution in [-0.4, -0.2) is 5.78 Å². The summed E-state index contributed by atoms with van der Waals surface area (Å²) in [6, 6.07) is 30.0. The first kappa shape index (κ1) is 17.9. The molecule has 0 aromatic heterocycles. The molecule has 3 aliphatic carbocycles. The molecule has 0 saturated carbocycles. The van der Waals surface area contributed by atoms with Crippen LogP contribution in [0, 0.1) is 0 Å². The summed E-state index contributed by atoms with van der Waals surface area (Å²) in [4.78, 5) is 11.5. The van der Waals surface area contributed by atoms with Gasteiger partial charge in [0.05, 0.1) is 0 Å². The summed E-state index contributed by atoms with van der Waals surface area (Å²) in [6.07, 6.45) is 8.47. The molecule has 0 bridgehead atoms. The van der Waals surface area contributed by atoms with Gasteiger partial charge in [0.25, 0.3) is 0 Å². The van der Waals surface area contributed by atoms with Crippen molar-refractivity contribution in [3.63, 3.8) is 0 Å². The van der Waals surface area contributed by atoms with Crippen LogP contribution in [0.3, 0.4) is 0 Å². The van der Waals surface area contributed by atoms with Gasteiger partial charge < -0.3 is 0 Å². The normalized spacial score (nSPS) is 14.6. The molecule has 0 heterocycles. The van der Waals surface area contributed by atoms with Crippen LogP contribution in [0.4, 0.5) is 0 Å². The largest absolute Gasteiger partial charge is 0.289 e. The molecule has 4 aromatic carbocycles. The minimum Gasteiger partial charge on any atom is -0.289 e. The maximum atomic E-state index is 11.5. The van der Waals surface area contributed by atoms with Crippen molar-refractivity contribution in [3.8, 4) is 11.1 Å². The summed E-state index contributed by atoms with van der Waals surface area (Å²) >= 11 is 0. The van der Waals surface area contributed by atoms with Crippen molar-refractivity contribution in [1.29, 1.82) is 0 Å². The van der Waals surface area contributed by atoms with Gasteiger partial charge in [-0.05, 0) is 68.3 Å². The average molecular weight is 396 g/mol. The molecular weight excluding hydrogens is 376 g/mol. The Bertz CT molecular complexity index is 1460. The summed E-state index contributed by atoms with van der Waals surface area (Å²) in [5.74, 6) is 0.110. The fraction of sp³-hybridized carbons (Fsp3) is 0.0333. The lowest BCUT2D eigenvalue weighted by Crippen LogP contribution is -2.00. The zero-order chi connectivity index (χ0) is 20.8. The monoisotopic (exact) mass is 396 g/mol. The quantitative estimate of drug-likeness (QED) is 0.275. The molecule has 4 aromatic rings. The standard InChI is InChI=1S/C17H12.C13H8O/c1-3-7-14-12(5-1)9-10-16-15-8-4-2-6-13(15)11-17(14)16;14-13-7-3-6-11-10-5-2-1-4-9(10)8-12(11)13/h1-10H,11H2;1-8H. The fourth-order valence-corrected chi connectivity index (χ4v) is 4.86. The molecule has 1 nitrogen and oxygen atoms in total. The van der Waals surface area contributed by atoms with Crippen molar-refractivity contribution in [2.75, 3.05) is 0 Å². The van der Waals surface area contributed by atoms with E-state index in [4.69, 9.17) is 0 Å². The van der Waals surface area contributed by atoms with Gasteiger partial charge in [0, 0.05) is 5.57 Å². The van der Waals surface area contributed by atoms with E-state index < -0.39 is 0 Å². The number of hydrogen-bond donors (Lipinski definition) is 0. The number of hydrogen-bond acceptors (Lipinski definition) is 1. The maximum Gasteiger partial charge on any atom is 0.186 e. The Balaban J connectivity index is 0.000000122. The smallest absolute Gasteiger partial charge is 0.186 e. The summed E-state index contributed by atoms with van der Waals surface area (Å²) in [5, 5.41) is 2.75. The zero-order valence-corrected chi connectivity index (χ0v) is 17.0. The highest BCUT2D eigenvalue weighted by Gasteiger charge is 2.23. The van der Waals surface area contributed by atoms with E-state index in [0.29, 0.717) is 0 Å². The van der Waals surface area contributed by atoms with Crippen LogP contribution in [0.2, 0.25) is 0 Å². The third kappa shape index (κ3) is 2.90. The van der Waals surface area contributed by atoms with Crippen LogP contribution in [0.1, 0.15) is 22.3 Å². The Morgan fingerprint density at radius 2 is 1.42 bits per heavy atom. The first-order valence-electron chi connectivity index (χ1n) is 10.6. The van der Waals surface area contributed by atoms with Gasteiger partial charge in [0.1, 0.15) is 0 Å². The van der Waals surface area contributed by atoms with E-state index in [1.54, 1.807) is 6.08 Å². The highest BCUT2D eigenvalue weighted by Crippen LogP contribution is 2.40. The molecule has 1 heteroatoms. The molecular formula is C30H20O. The van der Waals surface area contributed by atoms with Gasteiger partial charge in [0.15, 0.2) is 5.78 Å². The average Bonchev–Trinajstić information content (AvgIpc) is 3.39. The Morgan fingerprint density at radius 3 is 2.35 bits per heavy atom. The lowest BCUT2D eigenvalue weighted by atomic mass is 9.96. The molecule has 0 N–H and O–H groups in total. The van der Waals surface area contributed by atoms with E-state index in [2.05, 4.69) is 66.7 Å². The molecule has 0 unspecified atom stereocenters. The molecule has 3 aliphatic rings. The molecule has 7 rings (SSSR count). The number of allylic oxidation sites excluding steroid dienone is 5. The Labute approximate surface area is 181 Å². The van der Waals surface area contributed by atoms with Gasteiger partial charge >= 0.3 is 0 Å². The first-order chi connectivity index (χ1) is 15.3. The number of ketones is 1. The van der Waals surface area contributed by atoms with Crippen molar-refractivity contribution in [3.05, 3.63) is 131 Å². The molecule has 146 valence electrons. The lowest BCUT2D eigenvalue weighted by molar-refractivity contribution is -0.110. The van der Waals surface area contributed by atoms with Crippen molar-refractivity contribution >= 4 is 28.2 Å². The first-order valence-corrected chi connectivity index (χ1v) is 10.6. The number of fused-ring (bicyclic) bond motifs is 8. The minimum atomic E-state index is 0.110. The summed E-state index contributed by atoms with van der Waals surface area (Å²) < 4.78 is 0. The summed E-state index contributed by atoms with van der Waals surface area (Å²) in [6.45, 7) is 0. The highest BCUT2D eigenvalue weighted by atomic mass is 16.1. The van der Waals surface area contributed by atoms with E-state index in [0.717, 1.165) is 23.1 Å². The van der Waals surface area contributed by atoms with Crippen LogP contribution in [0.25, 0.3) is 33.5 Å². The molecule has 0 spiro atoms. The van der Waals surface area contributed by atoms with Gasteiger partial charge in [-0.2, -0.15) is 0 Å². The number of carbonyl (C=O) groups is 1. The Morgan fingerprint density at radius 1 is 0.645 bits per heavy atom. The van der Waals surface area contributed by atoms with Gasteiger partial charge in [-0.25, -0.2) is 0 Å². The van der Waals surface area contributed by atoms with Crippen molar-refractivity contribution in [2.45, 2.75) is 6.42 Å². The van der Waals surface area contributed by atoms with Crippen LogP contribution in [0.5, 0.6) is 0 Å². The van der Waals surface area contributed by atoms with Gasteiger partial charge in [0.2, 0.25) is 0 Å². The molecule has 0 amide bonds. The maximum absolute atomic E-state index is 11.5. The molecule has 0 saturated heterocycles. The Kier molecular flexibility index (Phi) is 4.07. The second-order valence-corrected chi connectivity index (χ2v) is 8.10. The van der Waals surface area contributed by atoms with E-state index in [1.807, 2.05) is 36.4 Å². The molecule has 31 heavy (non-hydrogen) atoms. The third-order valence-corrected chi connectivity index (χ3v) is 6.33. The van der Waals surface area contributed by atoms with Crippen LogP contribution in [0.15, 0.2) is 109 Å². The summed E-state index contributed by atoms with van der Waals surface area (Å²) in [5.41, 5.74) is 9.98. The van der Waals surface area contributed by atoms with E-state index in [-0.39, 0.29) is 5.78 Å². The lowest BCUT2D eigenvalue weighted by Gasteiger charge is -2.06. The van der Waals surface area contributed by atoms with E-state index in [9.17, 15) is 4.79 Å². The van der Waals surface area contributed by atoms with Crippen molar-refractivity contribution in [1.82, 2.24) is 0 Å². The van der Waals surface area contributed by atoms with Crippen molar-refractivity contribution in [2.24, 2.45) is 0 Å². The fourth-order valence-electron chi connectivity index (χ4n) is 4.86. The zero-order valence-electron chi connectivity index (χ0n) is 17.0. The van der Waals surface area contributed by atoms with Crippen molar-refractivity contribution < 1.29 is 4.79 Å². The molecule has 0 radical (unpaired) electrons. The summed E-state index contributed by atoms with van der Waals surface area (Å²) in [7, 11) is 0. The molecule has 0 fully saturated rings. The van der Waals surface area contributed by atoms with Gasteiger partial charge in [-0.15, -0.1) is 0 Å². The van der Waals surface area contributed by atoms with Gasteiger partial charge in [-0.3, -0.25) is 4.79 Å². The highest BCUT2D eigenvalue weighted by molar-refractivity contribution is 6.23. The second kappa shape index (κ2) is 7.07. The van der Waals surface area contributed by atoms with Crippen LogP contribution >= 0.6 is 0 Å². The second-order valence-electron chi connectivity index (χ2n) is 8.10. The van der Waals surface area contributed by atoms with Gasteiger partial charge in [-0.1, -0.05) is 97.1 Å². The predicted molar refractivity (Wildman–Crippen MR) is 129 cm³/mol. The van der Waals surface area contributed by atoms with Crippen LogP contribution < -0.4 is 0 Å². The Hall–Kier alpha value is -3.97. The minimum absolute atomic E-state index is 0.110. The predicted octanol–water partition coefficient (Wildman–Crippen LogP) is 7.02. The van der Waals surface area contributed by atoms with E-state index >= 15 is 0 Å². The number of rotatable bonds is 0. The SMILES string of the molecule is O=C1C=CC=C2C1=Cc1ccccc12.c1ccc2c(c1)Cc1c-2ccc2ccccc12. The van der Waals surface area contributed by atoms with Crippen LogP contribution in [-0.2, 0) is 11.2 Å². The topological polar surface area (TPSA) is 17.1 Å². The van der Waals surface area contributed by atoms with E-state index in [1.165, 1.54) is 38.6 Å².